The molecular formula is C20H15F2N3O2. The van der Waals surface area contributed by atoms with Crippen molar-refractivity contribution < 1.29 is 18.4 Å². The van der Waals surface area contributed by atoms with Crippen LogP contribution in [-0.2, 0) is 0 Å². The molecule has 7 heteroatoms. The largest absolute Gasteiger partial charge is 0.349 e. The minimum Gasteiger partial charge on any atom is -0.349 e. The Morgan fingerprint density at radius 3 is 2.07 bits per heavy atom. The predicted molar refractivity (Wildman–Crippen MR) is 98.3 cm³/mol. The smallest absolute Gasteiger partial charge is 0.274 e. The van der Waals surface area contributed by atoms with Gasteiger partial charge in [-0.25, -0.2) is 13.8 Å². The minimum atomic E-state index is -0.731. The van der Waals surface area contributed by atoms with E-state index in [1.165, 1.54) is 31.3 Å². The molecule has 3 rings (SSSR count). The van der Waals surface area contributed by atoms with Crippen molar-refractivity contribution in [2.75, 3.05) is 10.6 Å². The van der Waals surface area contributed by atoms with Crippen LogP contribution in [0.3, 0.4) is 0 Å². The van der Waals surface area contributed by atoms with Crippen LogP contribution in [0.25, 0.3) is 0 Å². The lowest BCUT2D eigenvalue weighted by atomic mass is 10.1. The summed E-state index contributed by atoms with van der Waals surface area (Å²) in [6.07, 6.45) is 1.31. The van der Waals surface area contributed by atoms with Crippen molar-refractivity contribution in [1.29, 1.82) is 0 Å². The number of nitrogens with one attached hydrogen (secondary N) is 2. The first kappa shape index (κ1) is 18.2. The van der Waals surface area contributed by atoms with Crippen LogP contribution in [0, 0.1) is 11.6 Å². The summed E-state index contributed by atoms with van der Waals surface area (Å²) in [4.78, 5) is 27.5. The first-order valence-electron chi connectivity index (χ1n) is 8.03. The van der Waals surface area contributed by atoms with E-state index >= 15 is 0 Å². The van der Waals surface area contributed by atoms with Crippen molar-refractivity contribution in [3.63, 3.8) is 0 Å². The van der Waals surface area contributed by atoms with Gasteiger partial charge in [0.2, 0.25) is 0 Å². The van der Waals surface area contributed by atoms with E-state index in [4.69, 9.17) is 0 Å². The molecule has 136 valence electrons. The Kier molecular flexibility index (Phi) is 5.21. The summed E-state index contributed by atoms with van der Waals surface area (Å²) >= 11 is 0. The third-order valence-electron chi connectivity index (χ3n) is 3.78. The fourth-order valence-corrected chi connectivity index (χ4v) is 2.35. The topological polar surface area (TPSA) is 71.1 Å². The number of hydrogen-bond donors (Lipinski definition) is 2. The van der Waals surface area contributed by atoms with E-state index in [1.54, 1.807) is 24.3 Å². The zero-order valence-electron chi connectivity index (χ0n) is 14.3. The molecule has 0 atom stereocenters. The van der Waals surface area contributed by atoms with Gasteiger partial charge in [0.25, 0.3) is 5.91 Å². The SMILES string of the molecule is CC(=O)c1ccc(NC(=O)c2ccc(Nc3c(F)cccc3F)cn2)cc1. The van der Waals surface area contributed by atoms with Gasteiger partial charge < -0.3 is 10.6 Å². The molecule has 0 fully saturated rings. The second-order valence-electron chi connectivity index (χ2n) is 5.74. The highest BCUT2D eigenvalue weighted by molar-refractivity contribution is 6.03. The Balaban J connectivity index is 1.69. The van der Waals surface area contributed by atoms with E-state index in [-0.39, 0.29) is 17.2 Å². The van der Waals surface area contributed by atoms with Crippen LogP contribution >= 0.6 is 0 Å². The van der Waals surface area contributed by atoms with Gasteiger partial charge in [0.1, 0.15) is 23.0 Å². The summed E-state index contributed by atoms with van der Waals surface area (Å²) in [7, 11) is 0. The van der Waals surface area contributed by atoms with Gasteiger partial charge >= 0.3 is 0 Å². The molecule has 0 bridgehead atoms. The maximum Gasteiger partial charge on any atom is 0.274 e. The van der Waals surface area contributed by atoms with Crippen LogP contribution in [0.4, 0.5) is 25.8 Å². The maximum atomic E-state index is 13.7. The number of rotatable bonds is 5. The van der Waals surface area contributed by atoms with Gasteiger partial charge in [0.05, 0.1) is 11.9 Å². The Morgan fingerprint density at radius 1 is 0.889 bits per heavy atom. The van der Waals surface area contributed by atoms with Crippen LogP contribution in [-0.4, -0.2) is 16.7 Å². The van der Waals surface area contributed by atoms with Crippen molar-refractivity contribution in [3.05, 3.63) is 83.7 Å². The molecule has 1 aromatic heterocycles. The van der Waals surface area contributed by atoms with Crippen LogP contribution in [0.2, 0.25) is 0 Å². The lowest BCUT2D eigenvalue weighted by Crippen LogP contribution is -2.13. The molecule has 0 spiro atoms. The number of anilines is 3. The summed E-state index contributed by atoms with van der Waals surface area (Å²) in [6.45, 7) is 1.46. The van der Waals surface area contributed by atoms with Crippen molar-refractivity contribution in [3.8, 4) is 0 Å². The summed E-state index contributed by atoms with van der Waals surface area (Å²) in [5.41, 5.74) is 1.23. The average Bonchev–Trinajstić information content (AvgIpc) is 2.66. The summed E-state index contributed by atoms with van der Waals surface area (Å²) in [6, 6.07) is 12.9. The first-order chi connectivity index (χ1) is 12.9. The molecule has 0 aliphatic heterocycles. The van der Waals surface area contributed by atoms with Crippen molar-refractivity contribution in [1.82, 2.24) is 4.98 Å². The highest BCUT2D eigenvalue weighted by Gasteiger charge is 2.11. The van der Waals surface area contributed by atoms with E-state index in [0.717, 1.165) is 12.1 Å². The van der Waals surface area contributed by atoms with Crippen LogP contribution in [0.15, 0.2) is 60.8 Å². The standard InChI is InChI=1S/C20H15F2N3O2/c1-12(26)13-5-7-14(8-6-13)25-20(27)18-10-9-15(11-23-18)24-19-16(21)3-2-4-17(19)22/h2-11,24H,1H3,(H,25,27). The molecular weight excluding hydrogens is 352 g/mol. The molecule has 27 heavy (non-hydrogen) atoms. The Labute approximate surface area is 154 Å². The zero-order valence-corrected chi connectivity index (χ0v) is 14.3. The number of benzene rings is 2. The number of halogens is 2. The number of amides is 1. The molecule has 1 heterocycles. The van der Waals surface area contributed by atoms with E-state index in [0.29, 0.717) is 16.9 Å². The lowest BCUT2D eigenvalue weighted by molar-refractivity contribution is 0.101. The van der Waals surface area contributed by atoms with E-state index in [1.807, 2.05) is 0 Å². The molecule has 5 nitrogen and oxygen atoms in total. The molecule has 2 aromatic carbocycles. The average molecular weight is 367 g/mol. The van der Waals surface area contributed by atoms with Crippen molar-refractivity contribution in [2.24, 2.45) is 0 Å². The van der Waals surface area contributed by atoms with Gasteiger partial charge in [-0.3, -0.25) is 9.59 Å². The normalized spacial score (nSPS) is 10.3. The van der Waals surface area contributed by atoms with Crippen molar-refractivity contribution >= 4 is 28.8 Å². The van der Waals surface area contributed by atoms with Gasteiger partial charge in [-0.2, -0.15) is 0 Å². The van der Waals surface area contributed by atoms with E-state index in [2.05, 4.69) is 15.6 Å². The number of pyridine rings is 1. The van der Waals surface area contributed by atoms with Gasteiger partial charge in [-0.1, -0.05) is 6.07 Å². The molecule has 0 aliphatic rings. The summed E-state index contributed by atoms with van der Waals surface area (Å²) < 4.78 is 27.3. The number of para-hydroxylation sites is 1. The molecule has 0 saturated carbocycles. The number of nitrogens with zero attached hydrogens (tertiary/aromatic N) is 1. The number of carbonyl (C=O) groups excluding carboxylic acids is 2. The van der Waals surface area contributed by atoms with E-state index in [9.17, 15) is 18.4 Å². The minimum absolute atomic E-state index is 0.0658. The predicted octanol–water partition coefficient (Wildman–Crippen LogP) is 4.56. The number of carbonyl (C=O) groups is 2. The second-order valence-corrected chi connectivity index (χ2v) is 5.74. The molecule has 0 radical (unpaired) electrons. The molecule has 2 N–H and O–H groups in total. The molecule has 0 unspecified atom stereocenters. The fourth-order valence-electron chi connectivity index (χ4n) is 2.35. The summed E-state index contributed by atoms with van der Waals surface area (Å²) in [5, 5.41) is 5.26. The third kappa shape index (κ3) is 4.33. The van der Waals surface area contributed by atoms with Crippen LogP contribution in [0.1, 0.15) is 27.8 Å². The Bertz CT molecular complexity index is 967. The fraction of sp³-hybridized carbons (Fsp3) is 0.0500. The monoisotopic (exact) mass is 367 g/mol. The van der Waals surface area contributed by atoms with Crippen LogP contribution < -0.4 is 10.6 Å². The number of hydrogen-bond acceptors (Lipinski definition) is 4. The first-order valence-corrected chi connectivity index (χ1v) is 8.03. The molecule has 3 aromatic rings. The van der Waals surface area contributed by atoms with Gasteiger partial charge in [-0.15, -0.1) is 0 Å². The van der Waals surface area contributed by atoms with E-state index < -0.39 is 17.5 Å². The summed E-state index contributed by atoms with van der Waals surface area (Å²) in [5.74, 6) is -1.98. The quantitative estimate of drug-likeness (QED) is 0.649. The Morgan fingerprint density at radius 2 is 1.52 bits per heavy atom. The molecule has 0 aliphatic carbocycles. The maximum absolute atomic E-state index is 13.7. The number of aromatic nitrogens is 1. The second kappa shape index (κ2) is 7.74. The van der Waals surface area contributed by atoms with Gasteiger partial charge in [0, 0.05) is 11.3 Å². The Hall–Kier alpha value is -3.61. The molecule has 0 saturated heterocycles. The molecule has 1 amide bonds. The van der Waals surface area contributed by atoms with Gasteiger partial charge in [-0.05, 0) is 55.5 Å². The lowest BCUT2D eigenvalue weighted by Gasteiger charge is -2.09. The van der Waals surface area contributed by atoms with Gasteiger partial charge in [0.15, 0.2) is 5.78 Å². The number of ketones is 1. The highest BCUT2D eigenvalue weighted by Crippen LogP contribution is 2.22. The van der Waals surface area contributed by atoms with Crippen LogP contribution in [0.5, 0.6) is 0 Å². The van der Waals surface area contributed by atoms with Crippen molar-refractivity contribution in [2.45, 2.75) is 6.92 Å². The zero-order chi connectivity index (χ0) is 19.4. The third-order valence-corrected chi connectivity index (χ3v) is 3.78. The highest BCUT2D eigenvalue weighted by atomic mass is 19.1. The number of Topliss-reactive ketones (excluding diaryl/α,β-unsaturated/α-hetero) is 1.